The van der Waals surface area contributed by atoms with E-state index in [9.17, 15) is 0 Å². The third-order valence-corrected chi connectivity index (χ3v) is 3.92. The second kappa shape index (κ2) is 8.39. The highest BCUT2D eigenvalue weighted by Crippen LogP contribution is 2.33. The van der Waals surface area contributed by atoms with Crippen LogP contribution in [0.25, 0.3) is 0 Å². The van der Waals surface area contributed by atoms with Crippen LogP contribution >= 0.6 is 11.6 Å². The largest absolute Gasteiger partial charge is 0.490 e. The minimum absolute atomic E-state index is 0.360. The first-order valence-electron chi connectivity index (χ1n) is 7.98. The van der Waals surface area contributed by atoms with E-state index < -0.39 is 0 Å². The second-order valence-electron chi connectivity index (χ2n) is 5.25. The van der Waals surface area contributed by atoms with Gasteiger partial charge < -0.3 is 14.8 Å². The zero-order valence-corrected chi connectivity index (χ0v) is 14.6. The Balaban J connectivity index is 1.79. The minimum Gasteiger partial charge on any atom is -0.490 e. The third kappa shape index (κ3) is 4.42. The molecule has 0 bridgehead atoms. The van der Waals surface area contributed by atoms with E-state index in [1.807, 2.05) is 49.4 Å². The predicted octanol–water partition coefficient (Wildman–Crippen LogP) is 4.05. The maximum Gasteiger partial charge on any atom is 0.218 e. The van der Waals surface area contributed by atoms with E-state index in [1.54, 1.807) is 0 Å². The van der Waals surface area contributed by atoms with E-state index >= 15 is 0 Å². The van der Waals surface area contributed by atoms with Gasteiger partial charge >= 0.3 is 0 Å². The van der Waals surface area contributed by atoms with Crippen LogP contribution in [0, 0.1) is 0 Å². The van der Waals surface area contributed by atoms with Crippen molar-refractivity contribution in [2.75, 3.05) is 11.9 Å². The molecule has 2 N–H and O–H groups in total. The summed E-state index contributed by atoms with van der Waals surface area (Å²) >= 11 is 6.22. The predicted molar refractivity (Wildman–Crippen MR) is 97.1 cm³/mol. The molecule has 2 aromatic carbocycles. The Hall–Kier alpha value is -2.73. The number of nitrogens with one attached hydrogen (secondary N) is 2. The van der Waals surface area contributed by atoms with E-state index in [2.05, 4.69) is 20.5 Å². The summed E-state index contributed by atoms with van der Waals surface area (Å²) < 4.78 is 11.8. The van der Waals surface area contributed by atoms with Gasteiger partial charge in [-0.1, -0.05) is 41.9 Å². The third-order valence-electron chi connectivity index (χ3n) is 3.55. The summed E-state index contributed by atoms with van der Waals surface area (Å²) in [4.78, 5) is 4.06. The molecule has 0 saturated carbocycles. The summed E-state index contributed by atoms with van der Waals surface area (Å²) in [5, 5.41) is 10.4. The first-order chi connectivity index (χ1) is 12.3. The van der Waals surface area contributed by atoms with Gasteiger partial charge in [0.15, 0.2) is 11.5 Å². The highest BCUT2D eigenvalue weighted by atomic mass is 35.5. The number of ether oxygens (including phenoxy) is 2. The number of rotatable bonds is 8. The summed E-state index contributed by atoms with van der Waals surface area (Å²) in [5.74, 6) is 1.99. The summed E-state index contributed by atoms with van der Waals surface area (Å²) in [6.07, 6.45) is 1.45. The van der Waals surface area contributed by atoms with E-state index in [0.717, 1.165) is 11.1 Å². The smallest absolute Gasteiger partial charge is 0.218 e. The van der Waals surface area contributed by atoms with Gasteiger partial charge in [-0.2, -0.15) is 5.10 Å². The van der Waals surface area contributed by atoms with Crippen molar-refractivity contribution in [2.24, 2.45) is 0 Å². The number of halogens is 1. The molecule has 7 heteroatoms. The Labute approximate surface area is 151 Å². The second-order valence-corrected chi connectivity index (χ2v) is 5.65. The zero-order chi connectivity index (χ0) is 17.5. The van der Waals surface area contributed by atoms with Crippen LogP contribution in [0.2, 0.25) is 5.02 Å². The first-order valence-corrected chi connectivity index (χ1v) is 8.36. The van der Waals surface area contributed by atoms with Gasteiger partial charge in [-0.3, -0.25) is 0 Å². The van der Waals surface area contributed by atoms with Crippen molar-refractivity contribution in [2.45, 2.75) is 20.1 Å². The Kier molecular flexibility index (Phi) is 5.74. The Bertz CT molecular complexity index is 809. The SMILES string of the molecule is CCOc1cccc(CNc2ncn[nH]2)c1OCc1ccccc1Cl. The molecular weight excluding hydrogens is 340 g/mol. The van der Waals surface area contributed by atoms with E-state index in [1.165, 1.54) is 6.33 Å². The van der Waals surface area contributed by atoms with Crippen molar-refractivity contribution >= 4 is 17.5 Å². The summed E-state index contributed by atoms with van der Waals surface area (Å²) in [5.41, 5.74) is 1.87. The maximum absolute atomic E-state index is 6.22. The highest BCUT2D eigenvalue weighted by Gasteiger charge is 2.12. The Morgan fingerprint density at radius 3 is 2.68 bits per heavy atom. The molecule has 0 unspecified atom stereocenters. The van der Waals surface area contributed by atoms with Crippen LogP contribution in [-0.2, 0) is 13.2 Å². The highest BCUT2D eigenvalue weighted by molar-refractivity contribution is 6.31. The van der Waals surface area contributed by atoms with Crippen LogP contribution in [-0.4, -0.2) is 21.8 Å². The van der Waals surface area contributed by atoms with Crippen molar-refractivity contribution in [3.63, 3.8) is 0 Å². The molecule has 0 amide bonds. The lowest BCUT2D eigenvalue weighted by Crippen LogP contribution is -2.07. The lowest BCUT2D eigenvalue weighted by atomic mass is 10.1. The number of nitrogens with zero attached hydrogens (tertiary/aromatic N) is 2. The van der Waals surface area contributed by atoms with Crippen molar-refractivity contribution < 1.29 is 9.47 Å². The Morgan fingerprint density at radius 1 is 1.08 bits per heavy atom. The van der Waals surface area contributed by atoms with Crippen LogP contribution < -0.4 is 14.8 Å². The van der Waals surface area contributed by atoms with Gasteiger partial charge in [0.1, 0.15) is 12.9 Å². The first kappa shape index (κ1) is 17.1. The van der Waals surface area contributed by atoms with Gasteiger partial charge in [0.2, 0.25) is 5.95 Å². The van der Waals surface area contributed by atoms with Gasteiger partial charge in [-0.15, -0.1) is 0 Å². The zero-order valence-electron chi connectivity index (χ0n) is 13.8. The number of hydrogen-bond donors (Lipinski definition) is 2. The van der Waals surface area contributed by atoms with E-state index in [4.69, 9.17) is 21.1 Å². The fraction of sp³-hybridized carbons (Fsp3) is 0.222. The number of H-pyrrole nitrogens is 1. The fourth-order valence-electron chi connectivity index (χ4n) is 2.37. The molecule has 3 rings (SSSR count). The molecular formula is C18H19ClN4O2. The molecule has 0 atom stereocenters. The normalized spacial score (nSPS) is 10.5. The van der Waals surface area contributed by atoms with Gasteiger partial charge in [0, 0.05) is 22.7 Å². The topological polar surface area (TPSA) is 72.1 Å². The average Bonchev–Trinajstić information content (AvgIpc) is 3.14. The molecule has 6 nitrogen and oxygen atoms in total. The standard InChI is InChI=1S/C18H19ClN4O2/c1-2-24-16-9-5-7-13(10-20-18-21-12-22-23-18)17(16)25-11-14-6-3-4-8-15(14)19/h3-9,12H,2,10-11H2,1H3,(H2,20,21,22,23). The molecule has 25 heavy (non-hydrogen) atoms. The quantitative estimate of drug-likeness (QED) is 0.635. The molecule has 130 valence electrons. The van der Waals surface area contributed by atoms with Crippen molar-refractivity contribution in [3.05, 3.63) is 64.9 Å². The minimum atomic E-state index is 0.360. The van der Waals surface area contributed by atoms with Gasteiger partial charge in [-0.05, 0) is 19.1 Å². The molecule has 0 aliphatic rings. The van der Waals surface area contributed by atoms with Crippen molar-refractivity contribution in [1.29, 1.82) is 0 Å². The van der Waals surface area contributed by atoms with Crippen LogP contribution in [0.3, 0.4) is 0 Å². The Morgan fingerprint density at radius 2 is 1.92 bits per heavy atom. The van der Waals surface area contributed by atoms with Crippen molar-refractivity contribution in [1.82, 2.24) is 15.2 Å². The monoisotopic (exact) mass is 358 g/mol. The maximum atomic E-state index is 6.22. The van der Waals surface area contributed by atoms with Crippen molar-refractivity contribution in [3.8, 4) is 11.5 Å². The van der Waals surface area contributed by atoms with Crippen LogP contribution in [0.15, 0.2) is 48.8 Å². The number of aromatic nitrogens is 3. The lowest BCUT2D eigenvalue weighted by molar-refractivity contribution is 0.267. The molecule has 0 saturated heterocycles. The van der Waals surface area contributed by atoms with E-state index in [0.29, 0.717) is 42.2 Å². The van der Waals surface area contributed by atoms with Gasteiger partial charge in [0.25, 0.3) is 0 Å². The molecule has 1 aromatic heterocycles. The van der Waals surface area contributed by atoms with E-state index in [-0.39, 0.29) is 0 Å². The number of para-hydroxylation sites is 1. The fourth-order valence-corrected chi connectivity index (χ4v) is 2.56. The van der Waals surface area contributed by atoms with Crippen LogP contribution in [0.5, 0.6) is 11.5 Å². The molecule has 1 heterocycles. The van der Waals surface area contributed by atoms with Crippen LogP contribution in [0.4, 0.5) is 5.95 Å². The number of hydrogen-bond acceptors (Lipinski definition) is 5. The average molecular weight is 359 g/mol. The number of anilines is 1. The summed E-state index contributed by atoms with van der Waals surface area (Å²) in [7, 11) is 0. The number of benzene rings is 2. The summed E-state index contributed by atoms with van der Waals surface area (Å²) in [6, 6.07) is 13.4. The number of aromatic amines is 1. The van der Waals surface area contributed by atoms with Gasteiger partial charge in [0.05, 0.1) is 6.61 Å². The molecule has 0 aliphatic carbocycles. The molecule has 3 aromatic rings. The van der Waals surface area contributed by atoms with Crippen LogP contribution in [0.1, 0.15) is 18.1 Å². The molecule has 0 spiro atoms. The molecule has 0 radical (unpaired) electrons. The molecule has 0 aliphatic heterocycles. The summed E-state index contributed by atoms with van der Waals surface area (Å²) in [6.45, 7) is 3.38. The lowest BCUT2D eigenvalue weighted by Gasteiger charge is -2.16. The van der Waals surface area contributed by atoms with Gasteiger partial charge in [-0.25, -0.2) is 10.1 Å². The molecule has 0 fully saturated rings.